The Hall–Kier alpha value is -0.160. The monoisotopic (exact) mass is 350 g/mol. The van der Waals surface area contributed by atoms with E-state index in [2.05, 4.69) is 33.2 Å². The Kier molecular flexibility index (Phi) is 7.29. The molecule has 1 fully saturated rings. The summed E-state index contributed by atoms with van der Waals surface area (Å²) in [5.74, 6) is -0.122. The van der Waals surface area contributed by atoms with Gasteiger partial charge in [0.05, 0.1) is 0 Å². The third-order valence-electron chi connectivity index (χ3n) is 3.60. The number of nitrogens with one attached hydrogen (secondary N) is 1. The van der Waals surface area contributed by atoms with Crippen molar-refractivity contribution in [3.63, 3.8) is 0 Å². The van der Waals surface area contributed by atoms with Gasteiger partial charge in [-0.1, -0.05) is 22.0 Å². The van der Waals surface area contributed by atoms with Gasteiger partial charge in [0.1, 0.15) is 5.82 Å². The zero-order valence-corrected chi connectivity index (χ0v) is 13.6. The molecule has 2 nitrogen and oxygen atoms in total. The van der Waals surface area contributed by atoms with E-state index in [0.29, 0.717) is 12.6 Å². The average Bonchev–Trinajstić information content (AvgIpc) is 2.61. The molecule has 5 heteroatoms. The van der Waals surface area contributed by atoms with E-state index in [-0.39, 0.29) is 18.2 Å². The third kappa shape index (κ3) is 5.03. The van der Waals surface area contributed by atoms with E-state index < -0.39 is 0 Å². The van der Waals surface area contributed by atoms with E-state index in [9.17, 15) is 4.39 Å². The first-order valence-electron chi connectivity index (χ1n) is 6.51. The molecule has 0 amide bonds. The summed E-state index contributed by atoms with van der Waals surface area (Å²) >= 11 is 3.29. The lowest BCUT2D eigenvalue weighted by Crippen LogP contribution is -2.32. The summed E-state index contributed by atoms with van der Waals surface area (Å²) in [5.41, 5.74) is 0.776. The highest BCUT2D eigenvalue weighted by Gasteiger charge is 2.17. The van der Waals surface area contributed by atoms with Crippen LogP contribution < -0.4 is 5.32 Å². The third-order valence-corrected chi connectivity index (χ3v) is 4.10. The SMILES string of the molecule is CN(Cc1ccc(Br)cc1F)C1CCCNCC1.Cl. The predicted molar refractivity (Wildman–Crippen MR) is 83.3 cm³/mol. The molecule has 1 unspecified atom stereocenters. The van der Waals surface area contributed by atoms with Crippen LogP contribution in [0.4, 0.5) is 4.39 Å². The molecule has 0 aliphatic carbocycles. The van der Waals surface area contributed by atoms with Gasteiger partial charge in [-0.3, -0.25) is 4.90 Å². The molecule has 0 bridgehead atoms. The van der Waals surface area contributed by atoms with Crippen LogP contribution >= 0.6 is 28.3 Å². The van der Waals surface area contributed by atoms with E-state index in [1.165, 1.54) is 18.9 Å². The minimum absolute atomic E-state index is 0. The Morgan fingerprint density at radius 1 is 1.37 bits per heavy atom. The van der Waals surface area contributed by atoms with Crippen molar-refractivity contribution in [3.05, 3.63) is 34.1 Å². The van der Waals surface area contributed by atoms with E-state index in [1.54, 1.807) is 0 Å². The highest BCUT2D eigenvalue weighted by Crippen LogP contribution is 2.19. The van der Waals surface area contributed by atoms with Gasteiger partial charge in [-0.25, -0.2) is 4.39 Å². The molecule has 1 N–H and O–H groups in total. The number of hydrogen-bond acceptors (Lipinski definition) is 2. The van der Waals surface area contributed by atoms with Crippen molar-refractivity contribution in [2.75, 3.05) is 20.1 Å². The maximum atomic E-state index is 13.8. The lowest BCUT2D eigenvalue weighted by atomic mass is 10.1. The van der Waals surface area contributed by atoms with E-state index in [4.69, 9.17) is 0 Å². The van der Waals surface area contributed by atoms with Crippen LogP contribution in [-0.4, -0.2) is 31.1 Å². The fourth-order valence-corrected chi connectivity index (χ4v) is 2.82. The Bertz CT molecular complexity index is 395. The lowest BCUT2D eigenvalue weighted by Gasteiger charge is -2.27. The molecule has 0 saturated carbocycles. The smallest absolute Gasteiger partial charge is 0.128 e. The molecule has 1 atom stereocenters. The van der Waals surface area contributed by atoms with Crippen LogP contribution in [0, 0.1) is 5.82 Å². The van der Waals surface area contributed by atoms with Crippen LogP contribution in [0.1, 0.15) is 24.8 Å². The maximum Gasteiger partial charge on any atom is 0.128 e. The summed E-state index contributed by atoms with van der Waals surface area (Å²) in [5, 5.41) is 3.41. The molecule has 1 aliphatic rings. The van der Waals surface area contributed by atoms with Crippen LogP contribution in [-0.2, 0) is 6.54 Å². The number of halogens is 3. The van der Waals surface area contributed by atoms with Gasteiger partial charge in [-0.15, -0.1) is 12.4 Å². The molecule has 1 aliphatic heterocycles. The van der Waals surface area contributed by atoms with Crippen LogP contribution in [0.5, 0.6) is 0 Å². The zero-order chi connectivity index (χ0) is 13.0. The molecular weight excluding hydrogens is 331 g/mol. The second-order valence-corrected chi connectivity index (χ2v) is 5.90. The Balaban J connectivity index is 0.00000180. The minimum atomic E-state index is -0.122. The predicted octanol–water partition coefficient (Wildman–Crippen LogP) is 3.58. The van der Waals surface area contributed by atoms with Crippen molar-refractivity contribution in [3.8, 4) is 0 Å². The average molecular weight is 352 g/mol. The molecule has 0 aromatic heterocycles. The molecule has 0 radical (unpaired) electrons. The lowest BCUT2D eigenvalue weighted by molar-refractivity contribution is 0.214. The summed E-state index contributed by atoms with van der Waals surface area (Å²) in [4.78, 5) is 2.28. The largest absolute Gasteiger partial charge is 0.317 e. The minimum Gasteiger partial charge on any atom is -0.317 e. The van der Waals surface area contributed by atoms with Gasteiger partial charge in [0.15, 0.2) is 0 Å². The summed E-state index contributed by atoms with van der Waals surface area (Å²) in [7, 11) is 2.09. The van der Waals surface area contributed by atoms with E-state index in [1.807, 2.05) is 12.1 Å². The fourth-order valence-electron chi connectivity index (χ4n) is 2.49. The van der Waals surface area contributed by atoms with Gasteiger partial charge in [0.2, 0.25) is 0 Å². The van der Waals surface area contributed by atoms with Gasteiger partial charge in [0, 0.05) is 22.6 Å². The molecule has 1 aromatic rings. The fraction of sp³-hybridized carbons (Fsp3) is 0.571. The van der Waals surface area contributed by atoms with Crippen LogP contribution in [0.15, 0.2) is 22.7 Å². The zero-order valence-electron chi connectivity index (χ0n) is 11.2. The van der Waals surface area contributed by atoms with Crippen molar-refractivity contribution in [1.82, 2.24) is 10.2 Å². The van der Waals surface area contributed by atoms with Crippen molar-refractivity contribution >= 4 is 28.3 Å². The van der Waals surface area contributed by atoms with Gasteiger partial charge in [0.25, 0.3) is 0 Å². The van der Waals surface area contributed by atoms with Gasteiger partial charge < -0.3 is 5.32 Å². The standard InChI is InChI=1S/C14H20BrFN2.ClH/c1-18(13-3-2-7-17-8-6-13)10-11-4-5-12(15)9-14(11)16;/h4-5,9,13,17H,2-3,6-8,10H2,1H3;1H. The first-order chi connectivity index (χ1) is 8.66. The summed E-state index contributed by atoms with van der Waals surface area (Å²) in [6.07, 6.45) is 3.55. The molecule has 19 heavy (non-hydrogen) atoms. The number of hydrogen-bond donors (Lipinski definition) is 1. The molecule has 1 saturated heterocycles. The summed E-state index contributed by atoms with van der Waals surface area (Å²) in [6.45, 7) is 2.86. The van der Waals surface area contributed by atoms with Crippen LogP contribution in [0.25, 0.3) is 0 Å². The van der Waals surface area contributed by atoms with Crippen LogP contribution in [0.2, 0.25) is 0 Å². The van der Waals surface area contributed by atoms with Gasteiger partial charge in [-0.2, -0.15) is 0 Å². The number of benzene rings is 1. The van der Waals surface area contributed by atoms with Crippen LogP contribution in [0.3, 0.4) is 0 Å². The Morgan fingerprint density at radius 2 is 2.16 bits per heavy atom. The van der Waals surface area contributed by atoms with Gasteiger partial charge >= 0.3 is 0 Å². The quantitative estimate of drug-likeness (QED) is 0.895. The maximum absolute atomic E-state index is 13.8. The molecular formula is C14H21BrClFN2. The second kappa shape index (κ2) is 8.20. The number of nitrogens with zero attached hydrogens (tertiary/aromatic N) is 1. The Morgan fingerprint density at radius 3 is 2.89 bits per heavy atom. The second-order valence-electron chi connectivity index (χ2n) is 4.99. The highest BCUT2D eigenvalue weighted by molar-refractivity contribution is 9.10. The molecule has 108 valence electrons. The molecule has 2 rings (SSSR count). The summed E-state index contributed by atoms with van der Waals surface area (Å²) < 4.78 is 14.6. The molecule has 0 spiro atoms. The molecule has 1 heterocycles. The summed E-state index contributed by atoms with van der Waals surface area (Å²) in [6, 6.07) is 5.87. The first-order valence-corrected chi connectivity index (χ1v) is 7.31. The molecule has 1 aromatic carbocycles. The van der Waals surface area contributed by atoms with E-state index >= 15 is 0 Å². The van der Waals surface area contributed by atoms with E-state index in [0.717, 1.165) is 29.5 Å². The van der Waals surface area contributed by atoms with Crippen molar-refractivity contribution in [2.24, 2.45) is 0 Å². The topological polar surface area (TPSA) is 15.3 Å². The van der Waals surface area contributed by atoms with Gasteiger partial charge in [-0.05, 0) is 51.5 Å². The number of rotatable bonds is 3. The van der Waals surface area contributed by atoms with Crippen molar-refractivity contribution in [2.45, 2.75) is 31.8 Å². The Labute approximate surface area is 129 Å². The normalized spacial score (nSPS) is 19.9. The van der Waals surface area contributed by atoms with Crippen molar-refractivity contribution < 1.29 is 4.39 Å². The van der Waals surface area contributed by atoms with Crippen molar-refractivity contribution in [1.29, 1.82) is 0 Å². The first kappa shape index (κ1) is 16.9. The highest BCUT2D eigenvalue weighted by atomic mass is 79.9.